The first-order valence-corrected chi connectivity index (χ1v) is 11.8. The fourth-order valence-corrected chi connectivity index (χ4v) is 3.12. The summed E-state index contributed by atoms with van der Waals surface area (Å²) in [4.78, 5) is 0. The lowest BCUT2D eigenvalue weighted by Crippen LogP contribution is -1.82. The molecule has 0 amide bonds. The second-order valence-electron chi connectivity index (χ2n) is 7.66. The molecule has 0 aromatic carbocycles. The molecule has 24 heavy (non-hydrogen) atoms. The Balaban J connectivity index is 0. The fourth-order valence-electron chi connectivity index (χ4n) is 3.12. The average Bonchev–Trinajstić information content (AvgIpc) is 2.60. The van der Waals surface area contributed by atoms with Crippen LogP contribution >= 0.6 is 0 Å². The van der Waals surface area contributed by atoms with Crippen LogP contribution in [0.4, 0.5) is 0 Å². The largest absolute Gasteiger partial charge is 0.0654 e. The van der Waals surface area contributed by atoms with Gasteiger partial charge in [-0.1, -0.05) is 156 Å². The molecule has 0 atom stereocenters. The molecule has 0 saturated heterocycles. The van der Waals surface area contributed by atoms with E-state index in [1.165, 1.54) is 128 Å². The highest BCUT2D eigenvalue weighted by Gasteiger charge is 1.92. The van der Waals surface area contributed by atoms with E-state index in [1.54, 1.807) is 0 Å². The van der Waals surface area contributed by atoms with E-state index in [9.17, 15) is 0 Å². The average molecular weight is 341 g/mol. The van der Waals surface area contributed by atoms with Crippen molar-refractivity contribution in [3.05, 3.63) is 0 Å². The van der Waals surface area contributed by atoms with Crippen LogP contribution in [0.5, 0.6) is 0 Å². The Labute approximate surface area is 156 Å². The van der Waals surface area contributed by atoms with Gasteiger partial charge < -0.3 is 0 Å². The summed E-state index contributed by atoms with van der Waals surface area (Å²) >= 11 is 0. The van der Waals surface area contributed by atoms with Gasteiger partial charge in [-0.05, 0) is 0 Å². The van der Waals surface area contributed by atoms with Gasteiger partial charge in [0.15, 0.2) is 0 Å². The van der Waals surface area contributed by atoms with Crippen molar-refractivity contribution in [2.75, 3.05) is 0 Å². The highest BCUT2D eigenvalue weighted by Crippen LogP contribution is 2.12. The monoisotopic (exact) mass is 340 g/mol. The van der Waals surface area contributed by atoms with Gasteiger partial charge >= 0.3 is 0 Å². The molecule has 0 aliphatic rings. The van der Waals surface area contributed by atoms with Crippen LogP contribution in [0.2, 0.25) is 0 Å². The molecule has 0 spiro atoms. The quantitative estimate of drug-likeness (QED) is 0.218. The van der Waals surface area contributed by atoms with Crippen molar-refractivity contribution in [1.29, 1.82) is 0 Å². The highest BCUT2D eigenvalue weighted by atomic mass is 14.0. The molecule has 0 rings (SSSR count). The minimum atomic E-state index is 1.37. The van der Waals surface area contributed by atoms with Crippen molar-refractivity contribution in [3.63, 3.8) is 0 Å². The van der Waals surface area contributed by atoms with E-state index in [0.29, 0.717) is 0 Å². The van der Waals surface area contributed by atoms with Crippen molar-refractivity contribution < 1.29 is 0 Å². The Morgan fingerprint density at radius 3 is 0.458 bits per heavy atom. The van der Waals surface area contributed by atoms with Crippen LogP contribution in [0.1, 0.15) is 156 Å². The van der Waals surface area contributed by atoms with Crippen LogP contribution in [-0.4, -0.2) is 0 Å². The van der Waals surface area contributed by atoms with Gasteiger partial charge in [0.2, 0.25) is 0 Å². The molecule has 0 saturated carbocycles. The van der Waals surface area contributed by atoms with Crippen molar-refractivity contribution in [2.45, 2.75) is 156 Å². The summed E-state index contributed by atoms with van der Waals surface area (Å²) in [7, 11) is 0. The van der Waals surface area contributed by atoms with E-state index in [1.807, 2.05) is 0 Å². The maximum absolute atomic E-state index is 2.29. The Kier molecular flexibility index (Phi) is 30.4. The second-order valence-corrected chi connectivity index (χ2v) is 7.66. The van der Waals surface area contributed by atoms with Crippen molar-refractivity contribution in [2.24, 2.45) is 0 Å². The Morgan fingerprint density at radius 1 is 0.208 bits per heavy atom. The predicted octanol–water partition coefficient (Wildman–Crippen LogP) is 9.85. The summed E-state index contributed by atoms with van der Waals surface area (Å²) in [5.41, 5.74) is 0. The predicted molar refractivity (Wildman–Crippen MR) is 115 cm³/mol. The van der Waals surface area contributed by atoms with Gasteiger partial charge in [-0.25, -0.2) is 0 Å². The molecule has 0 heteroatoms. The highest BCUT2D eigenvalue weighted by molar-refractivity contribution is 4.48. The molecule has 0 aliphatic carbocycles. The Bertz CT molecular complexity index is 155. The van der Waals surface area contributed by atoms with E-state index in [4.69, 9.17) is 0 Å². The smallest absolute Gasteiger partial charge is 0.0533 e. The summed E-state index contributed by atoms with van der Waals surface area (Å²) in [5.74, 6) is 0. The van der Waals surface area contributed by atoms with Gasteiger partial charge in [0.25, 0.3) is 0 Å². The first kappa shape index (κ1) is 26.2. The van der Waals surface area contributed by atoms with E-state index < -0.39 is 0 Å². The maximum Gasteiger partial charge on any atom is -0.0533 e. The third-order valence-corrected chi connectivity index (χ3v) is 4.91. The fraction of sp³-hybridized carbons (Fsp3) is 1.00. The topological polar surface area (TPSA) is 0 Å². The zero-order valence-electron chi connectivity index (χ0n) is 18.1. The normalized spacial score (nSPS) is 10.5. The van der Waals surface area contributed by atoms with Crippen LogP contribution in [0.3, 0.4) is 0 Å². The minimum Gasteiger partial charge on any atom is -0.0654 e. The molecule has 0 aromatic heterocycles. The number of hydrogen-bond acceptors (Lipinski definition) is 0. The van der Waals surface area contributed by atoms with Crippen LogP contribution in [0.25, 0.3) is 0 Å². The lowest BCUT2D eigenvalue weighted by molar-refractivity contribution is 0.542. The molecule has 0 bridgehead atoms. The number of rotatable bonds is 18. The summed E-state index contributed by atoms with van der Waals surface area (Å²) in [6.45, 7) is 9.10. The van der Waals surface area contributed by atoms with Gasteiger partial charge in [-0.2, -0.15) is 0 Å². The van der Waals surface area contributed by atoms with Crippen molar-refractivity contribution in [1.82, 2.24) is 0 Å². The van der Waals surface area contributed by atoms with Gasteiger partial charge in [0, 0.05) is 0 Å². The summed E-state index contributed by atoms with van der Waals surface area (Å²) < 4.78 is 0. The molecule has 0 radical (unpaired) electrons. The molecule has 0 fully saturated rings. The van der Waals surface area contributed by atoms with Crippen LogP contribution in [0.15, 0.2) is 0 Å². The first-order chi connectivity index (χ1) is 11.8. The standard InChI is InChI=1S/C15H32.C9H20/c1-3-5-7-9-11-13-15-14-12-10-8-6-4-2;1-3-5-7-9-8-6-4-2/h3-15H2,1-2H3;3-9H2,1-2H3. The van der Waals surface area contributed by atoms with E-state index in [2.05, 4.69) is 27.7 Å². The zero-order chi connectivity index (χ0) is 18.1. The minimum absolute atomic E-state index is 1.37. The molecule has 0 aliphatic heterocycles. The van der Waals surface area contributed by atoms with Gasteiger partial charge in [0.05, 0.1) is 0 Å². The molecular weight excluding hydrogens is 288 g/mol. The molecular formula is C24H52. The van der Waals surface area contributed by atoms with Crippen molar-refractivity contribution in [3.8, 4) is 0 Å². The molecule has 0 aromatic rings. The van der Waals surface area contributed by atoms with Crippen molar-refractivity contribution >= 4 is 0 Å². The van der Waals surface area contributed by atoms with Gasteiger partial charge in [-0.15, -0.1) is 0 Å². The third-order valence-electron chi connectivity index (χ3n) is 4.91. The summed E-state index contributed by atoms with van der Waals surface area (Å²) in [5, 5.41) is 0. The third kappa shape index (κ3) is 29.9. The zero-order valence-corrected chi connectivity index (χ0v) is 18.1. The van der Waals surface area contributed by atoms with Gasteiger partial charge in [-0.3, -0.25) is 0 Å². The summed E-state index contributed by atoms with van der Waals surface area (Å²) in [6.07, 6.45) is 28.9. The number of unbranched alkanes of at least 4 members (excludes halogenated alkanes) is 18. The Hall–Kier alpha value is 0. The maximum atomic E-state index is 2.29. The molecule has 148 valence electrons. The molecule has 0 heterocycles. The Morgan fingerprint density at radius 2 is 0.333 bits per heavy atom. The lowest BCUT2D eigenvalue weighted by Gasteiger charge is -2.01. The summed E-state index contributed by atoms with van der Waals surface area (Å²) in [6, 6.07) is 0. The second kappa shape index (κ2) is 27.8. The van der Waals surface area contributed by atoms with Gasteiger partial charge in [0.1, 0.15) is 0 Å². The van der Waals surface area contributed by atoms with Crippen LogP contribution < -0.4 is 0 Å². The van der Waals surface area contributed by atoms with E-state index in [-0.39, 0.29) is 0 Å². The van der Waals surface area contributed by atoms with Crippen LogP contribution in [-0.2, 0) is 0 Å². The lowest BCUT2D eigenvalue weighted by atomic mass is 10.1. The number of hydrogen-bond donors (Lipinski definition) is 0. The SMILES string of the molecule is CCCCCCCCC.CCCCCCCCCCCCCCC. The molecule has 0 unspecified atom stereocenters. The first-order valence-electron chi connectivity index (χ1n) is 11.8. The molecule has 0 nitrogen and oxygen atoms in total. The molecule has 0 N–H and O–H groups in total. The van der Waals surface area contributed by atoms with E-state index >= 15 is 0 Å². The van der Waals surface area contributed by atoms with Crippen LogP contribution in [0, 0.1) is 0 Å². The van der Waals surface area contributed by atoms with E-state index in [0.717, 1.165) is 0 Å².